The second kappa shape index (κ2) is 7.09. The van der Waals surface area contributed by atoms with Crippen molar-refractivity contribution in [1.82, 2.24) is 4.90 Å². The van der Waals surface area contributed by atoms with E-state index in [2.05, 4.69) is 31.0 Å². The van der Waals surface area contributed by atoms with Crippen LogP contribution in [0.4, 0.5) is 0 Å². The molecule has 2 rings (SSSR count). The Hall–Kier alpha value is -1.06. The lowest BCUT2D eigenvalue weighted by Gasteiger charge is -2.34. The third-order valence-electron chi connectivity index (χ3n) is 4.53. The third-order valence-corrected chi connectivity index (χ3v) is 4.53. The van der Waals surface area contributed by atoms with Crippen LogP contribution in [0.3, 0.4) is 0 Å². The van der Waals surface area contributed by atoms with Gasteiger partial charge in [-0.1, -0.05) is 25.8 Å². The normalized spacial score (nSPS) is 23.1. The number of rotatable bonds is 5. The summed E-state index contributed by atoms with van der Waals surface area (Å²) >= 11 is 0. The van der Waals surface area contributed by atoms with Crippen LogP contribution in [0, 0.1) is 5.92 Å². The van der Waals surface area contributed by atoms with Gasteiger partial charge in [0, 0.05) is 24.7 Å². The van der Waals surface area contributed by atoms with Gasteiger partial charge in [-0.25, -0.2) is 0 Å². The molecule has 0 saturated heterocycles. The Labute approximate surface area is 123 Å². The van der Waals surface area contributed by atoms with E-state index in [-0.39, 0.29) is 0 Å². The maximum Gasteiger partial charge on any atom is 0.123 e. The van der Waals surface area contributed by atoms with Crippen molar-refractivity contribution in [1.29, 1.82) is 0 Å². The molecule has 0 spiro atoms. The van der Waals surface area contributed by atoms with E-state index >= 15 is 0 Å². The molecule has 112 valence electrons. The molecule has 0 aliphatic heterocycles. The first-order valence-electron chi connectivity index (χ1n) is 7.70. The fraction of sp³-hybridized carbons (Fsp3) is 0.647. The van der Waals surface area contributed by atoms with Gasteiger partial charge in [0.05, 0.1) is 7.11 Å². The lowest BCUT2D eigenvalue weighted by atomic mass is 9.86. The van der Waals surface area contributed by atoms with Gasteiger partial charge in [-0.3, -0.25) is 4.90 Å². The summed E-state index contributed by atoms with van der Waals surface area (Å²) in [6.07, 6.45) is 5.42. The fourth-order valence-corrected chi connectivity index (χ4v) is 3.31. The molecule has 0 amide bonds. The van der Waals surface area contributed by atoms with Crippen LogP contribution in [0.2, 0.25) is 0 Å². The van der Waals surface area contributed by atoms with E-state index in [0.717, 1.165) is 29.8 Å². The van der Waals surface area contributed by atoms with Gasteiger partial charge in [-0.2, -0.15) is 0 Å². The van der Waals surface area contributed by atoms with Crippen molar-refractivity contribution < 1.29 is 4.74 Å². The van der Waals surface area contributed by atoms with Gasteiger partial charge >= 0.3 is 0 Å². The smallest absolute Gasteiger partial charge is 0.123 e. The molecular formula is C17H28N2O. The van der Waals surface area contributed by atoms with E-state index < -0.39 is 0 Å². The van der Waals surface area contributed by atoms with Crippen LogP contribution in [0.25, 0.3) is 0 Å². The third kappa shape index (κ3) is 3.74. The molecule has 0 bridgehead atoms. The van der Waals surface area contributed by atoms with Crippen molar-refractivity contribution in [3.63, 3.8) is 0 Å². The standard InChI is InChI=1S/C17H28N2O/c1-13-5-4-6-16(9-13)19(2)12-14-7-8-17(20-3)15(10-14)11-18/h7-8,10,13,16H,4-6,9,11-12,18H2,1-3H3. The quantitative estimate of drug-likeness (QED) is 0.897. The SMILES string of the molecule is COc1ccc(CN(C)C2CCCC(C)C2)cc1CN. The highest BCUT2D eigenvalue weighted by Crippen LogP contribution is 2.28. The predicted molar refractivity (Wildman–Crippen MR) is 83.8 cm³/mol. The van der Waals surface area contributed by atoms with Gasteiger partial charge in [0.1, 0.15) is 5.75 Å². The molecule has 1 aromatic carbocycles. The molecule has 2 N–H and O–H groups in total. The summed E-state index contributed by atoms with van der Waals surface area (Å²) < 4.78 is 5.33. The Kier molecular flexibility index (Phi) is 5.44. The number of nitrogens with zero attached hydrogens (tertiary/aromatic N) is 1. The van der Waals surface area contributed by atoms with Crippen molar-refractivity contribution >= 4 is 0 Å². The average molecular weight is 276 g/mol. The second-order valence-corrected chi connectivity index (χ2v) is 6.19. The van der Waals surface area contributed by atoms with Gasteiger partial charge in [0.15, 0.2) is 0 Å². The van der Waals surface area contributed by atoms with Crippen LogP contribution in [0.1, 0.15) is 43.7 Å². The average Bonchev–Trinajstić information content (AvgIpc) is 2.47. The molecule has 0 aromatic heterocycles. The van der Waals surface area contributed by atoms with Crippen LogP contribution in [0.5, 0.6) is 5.75 Å². The topological polar surface area (TPSA) is 38.5 Å². The molecule has 1 aromatic rings. The van der Waals surface area contributed by atoms with Crippen molar-refractivity contribution in [3.8, 4) is 5.75 Å². The Morgan fingerprint density at radius 1 is 1.35 bits per heavy atom. The molecule has 1 saturated carbocycles. The molecule has 1 fully saturated rings. The summed E-state index contributed by atoms with van der Waals surface area (Å²) in [4.78, 5) is 2.50. The zero-order chi connectivity index (χ0) is 14.5. The zero-order valence-electron chi connectivity index (χ0n) is 13.1. The highest BCUT2D eigenvalue weighted by Gasteiger charge is 2.22. The highest BCUT2D eigenvalue weighted by atomic mass is 16.5. The van der Waals surface area contributed by atoms with E-state index in [9.17, 15) is 0 Å². The summed E-state index contributed by atoms with van der Waals surface area (Å²) in [5.74, 6) is 1.76. The summed E-state index contributed by atoms with van der Waals surface area (Å²) in [7, 11) is 3.94. The summed E-state index contributed by atoms with van der Waals surface area (Å²) in [6, 6.07) is 7.10. The first-order chi connectivity index (χ1) is 9.63. The van der Waals surface area contributed by atoms with Gasteiger partial charge in [-0.05, 0) is 43.5 Å². The van der Waals surface area contributed by atoms with Crippen LogP contribution in [0.15, 0.2) is 18.2 Å². The van der Waals surface area contributed by atoms with Gasteiger partial charge in [0.2, 0.25) is 0 Å². The first-order valence-corrected chi connectivity index (χ1v) is 7.70. The number of hydrogen-bond acceptors (Lipinski definition) is 3. The number of methoxy groups -OCH3 is 1. The van der Waals surface area contributed by atoms with E-state index in [1.54, 1.807) is 7.11 Å². The number of ether oxygens (including phenoxy) is 1. The predicted octanol–water partition coefficient (Wildman–Crippen LogP) is 3.16. The maximum atomic E-state index is 5.79. The summed E-state index contributed by atoms with van der Waals surface area (Å²) in [5.41, 5.74) is 8.21. The van der Waals surface area contributed by atoms with Crippen molar-refractivity contribution in [2.45, 2.75) is 51.7 Å². The van der Waals surface area contributed by atoms with Crippen LogP contribution in [-0.4, -0.2) is 25.1 Å². The van der Waals surface area contributed by atoms with Gasteiger partial charge in [-0.15, -0.1) is 0 Å². The lowest BCUT2D eigenvalue weighted by Crippen LogP contribution is -2.35. The molecule has 2 atom stereocenters. The Morgan fingerprint density at radius 3 is 2.80 bits per heavy atom. The Bertz CT molecular complexity index is 433. The second-order valence-electron chi connectivity index (χ2n) is 6.19. The van der Waals surface area contributed by atoms with Crippen molar-refractivity contribution in [3.05, 3.63) is 29.3 Å². The Morgan fingerprint density at radius 2 is 2.15 bits per heavy atom. The van der Waals surface area contributed by atoms with E-state index in [1.807, 2.05) is 6.07 Å². The molecule has 1 aliphatic carbocycles. The van der Waals surface area contributed by atoms with Gasteiger partial charge in [0.25, 0.3) is 0 Å². The molecule has 0 heterocycles. The van der Waals surface area contributed by atoms with Crippen molar-refractivity contribution in [2.75, 3.05) is 14.2 Å². The Balaban J connectivity index is 2.01. The van der Waals surface area contributed by atoms with Crippen molar-refractivity contribution in [2.24, 2.45) is 11.7 Å². The largest absolute Gasteiger partial charge is 0.496 e. The van der Waals surface area contributed by atoms with Crippen LogP contribution >= 0.6 is 0 Å². The molecular weight excluding hydrogens is 248 g/mol. The minimum atomic E-state index is 0.529. The van der Waals surface area contributed by atoms with Crippen LogP contribution < -0.4 is 10.5 Å². The lowest BCUT2D eigenvalue weighted by molar-refractivity contribution is 0.157. The number of hydrogen-bond donors (Lipinski definition) is 1. The summed E-state index contributed by atoms with van der Waals surface area (Å²) in [6.45, 7) is 3.90. The fourth-order valence-electron chi connectivity index (χ4n) is 3.31. The minimum Gasteiger partial charge on any atom is -0.496 e. The zero-order valence-corrected chi connectivity index (χ0v) is 13.1. The molecule has 1 aliphatic rings. The van der Waals surface area contributed by atoms with E-state index in [0.29, 0.717) is 6.54 Å². The van der Waals surface area contributed by atoms with Crippen LogP contribution in [-0.2, 0) is 13.1 Å². The first kappa shape index (κ1) is 15.3. The summed E-state index contributed by atoms with van der Waals surface area (Å²) in [5, 5.41) is 0. The van der Waals surface area contributed by atoms with E-state index in [1.165, 1.54) is 31.2 Å². The number of benzene rings is 1. The number of nitrogens with two attached hydrogens (primary N) is 1. The van der Waals surface area contributed by atoms with Gasteiger partial charge < -0.3 is 10.5 Å². The minimum absolute atomic E-state index is 0.529. The monoisotopic (exact) mass is 276 g/mol. The highest BCUT2D eigenvalue weighted by molar-refractivity contribution is 5.37. The maximum absolute atomic E-state index is 5.79. The molecule has 3 nitrogen and oxygen atoms in total. The molecule has 3 heteroatoms. The molecule has 20 heavy (non-hydrogen) atoms. The molecule has 2 unspecified atom stereocenters. The molecule has 0 radical (unpaired) electrons. The van der Waals surface area contributed by atoms with E-state index in [4.69, 9.17) is 10.5 Å².